The Hall–Kier alpha value is -2.59. The summed E-state index contributed by atoms with van der Waals surface area (Å²) >= 11 is 0. The minimum absolute atomic E-state index is 0.00846. The molecule has 0 saturated carbocycles. The minimum atomic E-state index is -1.03. The predicted octanol–water partition coefficient (Wildman–Crippen LogP) is 2.60. The molecule has 0 bridgehead atoms. The van der Waals surface area contributed by atoms with Gasteiger partial charge in [-0.15, -0.1) is 6.58 Å². The molecule has 1 heterocycles. The molecule has 1 fully saturated rings. The fourth-order valence-electron chi connectivity index (χ4n) is 4.05. The molecule has 0 aromatic heterocycles. The van der Waals surface area contributed by atoms with Gasteiger partial charge in [-0.2, -0.15) is 0 Å². The molecule has 8 nitrogen and oxygen atoms in total. The fraction of sp³-hybridized carbons (Fsp3) is 0.444. The first-order valence-electron chi connectivity index (χ1n) is 11.7. The van der Waals surface area contributed by atoms with E-state index in [0.29, 0.717) is 0 Å². The van der Waals surface area contributed by atoms with Gasteiger partial charge < -0.3 is 34.1 Å². The van der Waals surface area contributed by atoms with Crippen molar-refractivity contribution < 1.29 is 33.6 Å². The molecule has 6 atom stereocenters. The highest BCUT2D eigenvalue weighted by Gasteiger charge is 2.50. The standard InChI is InChI=1S/C27H35NO7/c1-4-15-32-18-22(30)24-26(34-17-21-13-9-6-10-14-21)25(33-16-20-11-7-5-8-12-20)23(28-19(2)29)27(31-3)35-24/h4-14,22-27,30H,1,15-18H2,2-3H3,(H,28,29)/t22-,23+,24+,25+,26+,27+/m0/s1. The van der Waals surface area contributed by atoms with E-state index in [1.165, 1.54) is 14.0 Å². The van der Waals surface area contributed by atoms with Crippen LogP contribution < -0.4 is 5.32 Å². The molecule has 190 valence electrons. The first-order valence-corrected chi connectivity index (χ1v) is 11.7. The maximum atomic E-state index is 12.1. The number of amides is 1. The van der Waals surface area contributed by atoms with E-state index in [4.69, 9.17) is 23.7 Å². The molecule has 3 rings (SSSR count). The van der Waals surface area contributed by atoms with E-state index in [0.717, 1.165) is 11.1 Å². The molecule has 1 aliphatic rings. The van der Waals surface area contributed by atoms with E-state index in [2.05, 4.69) is 11.9 Å². The Kier molecular flexibility index (Phi) is 10.9. The average Bonchev–Trinajstić information content (AvgIpc) is 2.87. The predicted molar refractivity (Wildman–Crippen MR) is 130 cm³/mol. The highest BCUT2D eigenvalue weighted by atomic mass is 16.7. The van der Waals surface area contributed by atoms with Crippen LogP contribution in [0.25, 0.3) is 0 Å². The lowest BCUT2D eigenvalue weighted by atomic mass is 9.92. The Morgan fingerprint density at radius 1 is 1.06 bits per heavy atom. The van der Waals surface area contributed by atoms with Crippen LogP contribution in [0.1, 0.15) is 18.1 Å². The lowest BCUT2D eigenvalue weighted by Crippen LogP contribution is -2.67. The Morgan fingerprint density at radius 3 is 2.14 bits per heavy atom. The van der Waals surface area contributed by atoms with Crippen LogP contribution in [0.15, 0.2) is 73.3 Å². The SMILES string of the molecule is C=CCOC[C@H](O)[C@H]1O[C@@H](OC)[C@H](NC(C)=O)[C@@H](OCc2ccccc2)[C@@H]1OCc1ccccc1. The Bertz CT molecular complexity index is 895. The average molecular weight is 486 g/mol. The second-order valence-corrected chi connectivity index (χ2v) is 8.35. The maximum absolute atomic E-state index is 12.1. The van der Waals surface area contributed by atoms with Gasteiger partial charge in [0.1, 0.15) is 30.5 Å². The van der Waals surface area contributed by atoms with Crippen molar-refractivity contribution in [1.82, 2.24) is 5.32 Å². The quantitative estimate of drug-likeness (QED) is 0.333. The molecule has 2 aromatic rings. The molecule has 35 heavy (non-hydrogen) atoms. The molecule has 0 aliphatic carbocycles. The van der Waals surface area contributed by atoms with E-state index < -0.39 is 36.7 Å². The molecule has 1 aliphatic heterocycles. The molecule has 0 spiro atoms. The Morgan fingerprint density at radius 2 is 1.63 bits per heavy atom. The summed E-state index contributed by atoms with van der Waals surface area (Å²) in [5.41, 5.74) is 1.91. The van der Waals surface area contributed by atoms with E-state index in [1.54, 1.807) is 6.08 Å². The number of aliphatic hydroxyl groups excluding tert-OH is 1. The molecule has 2 aromatic carbocycles. The van der Waals surface area contributed by atoms with Crippen molar-refractivity contribution >= 4 is 5.91 Å². The lowest BCUT2D eigenvalue weighted by molar-refractivity contribution is -0.295. The van der Waals surface area contributed by atoms with E-state index in [9.17, 15) is 9.90 Å². The molecule has 0 unspecified atom stereocenters. The van der Waals surface area contributed by atoms with E-state index >= 15 is 0 Å². The number of hydrogen-bond donors (Lipinski definition) is 2. The molecule has 1 saturated heterocycles. The lowest BCUT2D eigenvalue weighted by Gasteiger charge is -2.47. The van der Waals surface area contributed by atoms with Crippen LogP contribution in [0, 0.1) is 0 Å². The molecule has 8 heteroatoms. The van der Waals surface area contributed by atoms with Crippen LogP contribution in [0.4, 0.5) is 0 Å². The van der Waals surface area contributed by atoms with Crippen molar-refractivity contribution in [2.24, 2.45) is 0 Å². The van der Waals surface area contributed by atoms with Gasteiger partial charge in [-0.3, -0.25) is 4.79 Å². The summed E-state index contributed by atoms with van der Waals surface area (Å²) in [6.07, 6.45) is -2.54. The topological polar surface area (TPSA) is 95.5 Å². The number of hydrogen-bond acceptors (Lipinski definition) is 7. The number of benzene rings is 2. The summed E-state index contributed by atoms with van der Waals surface area (Å²) in [5, 5.41) is 13.9. The molecular weight excluding hydrogens is 450 g/mol. The van der Waals surface area contributed by atoms with Gasteiger partial charge in [0, 0.05) is 14.0 Å². The second-order valence-electron chi connectivity index (χ2n) is 8.35. The van der Waals surface area contributed by atoms with Gasteiger partial charge >= 0.3 is 0 Å². The summed E-state index contributed by atoms with van der Waals surface area (Å²) in [6, 6.07) is 18.7. The van der Waals surface area contributed by atoms with E-state index in [-0.39, 0.29) is 32.3 Å². The number of rotatable bonds is 13. The normalized spacial score (nSPS) is 25.1. The zero-order valence-corrected chi connectivity index (χ0v) is 20.2. The first-order chi connectivity index (χ1) is 17.0. The second kappa shape index (κ2) is 14.1. The molecule has 2 N–H and O–H groups in total. The smallest absolute Gasteiger partial charge is 0.217 e. The van der Waals surface area contributed by atoms with Crippen molar-refractivity contribution in [3.8, 4) is 0 Å². The third-order valence-corrected chi connectivity index (χ3v) is 5.66. The van der Waals surface area contributed by atoms with Crippen LogP contribution in [-0.4, -0.2) is 68.1 Å². The number of nitrogens with one attached hydrogen (secondary N) is 1. The van der Waals surface area contributed by atoms with Crippen molar-refractivity contribution in [2.45, 2.75) is 56.9 Å². The van der Waals surface area contributed by atoms with Crippen molar-refractivity contribution in [3.05, 3.63) is 84.4 Å². The summed E-state index contributed by atoms with van der Waals surface area (Å²) in [5.74, 6) is -0.260. The zero-order valence-electron chi connectivity index (χ0n) is 20.2. The number of carbonyl (C=O) groups is 1. The Labute approximate surface area is 206 Å². The summed E-state index contributed by atoms with van der Waals surface area (Å²) < 4.78 is 29.8. The third kappa shape index (κ3) is 7.96. The fourth-order valence-corrected chi connectivity index (χ4v) is 4.05. The molecule has 1 amide bonds. The van der Waals surface area contributed by atoms with Gasteiger partial charge in [-0.1, -0.05) is 66.7 Å². The van der Waals surface area contributed by atoms with Gasteiger partial charge in [0.2, 0.25) is 5.91 Å². The summed E-state index contributed by atoms with van der Waals surface area (Å²) in [4.78, 5) is 12.1. The van der Waals surface area contributed by atoms with Gasteiger partial charge in [0.05, 0.1) is 26.4 Å². The van der Waals surface area contributed by atoms with Gasteiger partial charge in [-0.25, -0.2) is 0 Å². The monoisotopic (exact) mass is 485 g/mol. The molecule has 0 radical (unpaired) electrons. The largest absolute Gasteiger partial charge is 0.388 e. The van der Waals surface area contributed by atoms with E-state index in [1.807, 2.05) is 60.7 Å². The van der Waals surface area contributed by atoms with Gasteiger partial charge in [-0.05, 0) is 11.1 Å². The number of methoxy groups -OCH3 is 1. The number of aliphatic hydroxyl groups is 1. The van der Waals surface area contributed by atoms with Crippen LogP contribution in [-0.2, 0) is 41.7 Å². The number of ether oxygens (including phenoxy) is 5. The van der Waals surface area contributed by atoms with Crippen LogP contribution in [0.3, 0.4) is 0 Å². The third-order valence-electron chi connectivity index (χ3n) is 5.66. The van der Waals surface area contributed by atoms with Crippen LogP contribution in [0.2, 0.25) is 0 Å². The van der Waals surface area contributed by atoms with Crippen LogP contribution in [0.5, 0.6) is 0 Å². The van der Waals surface area contributed by atoms with Crippen LogP contribution >= 0.6 is 0 Å². The maximum Gasteiger partial charge on any atom is 0.217 e. The summed E-state index contributed by atoms with van der Waals surface area (Å²) in [6.45, 7) is 5.89. The van der Waals surface area contributed by atoms with Crippen molar-refractivity contribution in [1.29, 1.82) is 0 Å². The minimum Gasteiger partial charge on any atom is -0.388 e. The summed E-state index contributed by atoms with van der Waals surface area (Å²) in [7, 11) is 1.48. The van der Waals surface area contributed by atoms with Crippen molar-refractivity contribution in [3.63, 3.8) is 0 Å². The highest BCUT2D eigenvalue weighted by molar-refractivity contribution is 5.73. The zero-order chi connectivity index (χ0) is 25.0. The van der Waals surface area contributed by atoms with Crippen molar-refractivity contribution in [2.75, 3.05) is 20.3 Å². The Balaban J connectivity index is 1.89. The highest BCUT2D eigenvalue weighted by Crippen LogP contribution is 2.30. The van der Waals surface area contributed by atoms with Gasteiger partial charge in [0.15, 0.2) is 6.29 Å². The molecular formula is C27H35NO7. The number of carbonyl (C=O) groups excluding carboxylic acids is 1. The van der Waals surface area contributed by atoms with Gasteiger partial charge in [0.25, 0.3) is 0 Å². The first kappa shape index (κ1) is 27.0.